The van der Waals surface area contributed by atoms with Crippen LogP contribution in [0.4, 0.5) is 4.79 Å². The SMILES string of the molecule is CN1C(=O)NC(=O)C(C)(C)C1=O.[Ca]. The standard InChI is InChI=1S/C7H10N2O3.Ca/c1-7(2)4(10)8-6(12)9(3)5(7)11;/h1-3H3,(H,8,10,12);. The van der Waals surface area contributed by atoms with Gasteiger partial charge in [-0.15, -0.1) is 0 Å². The van der Waals surface area contributed by atoms with E-state index in [-0.39, 0.29) is 37.7 Å². The first-order valence-corrected chi connectivity index (χ1v) is 3.51. The van der Waals surface area contributed by atoms with E-state index in [1.807, 2.05) is 0 Å². The Labute approximate surface area is 106 Å². The molecule has 0 atom stereocenters. The van der Waals surface area contributed by atoms with E-state index in [1.165, 1.54) is 20.9 Å². The molecule has 68 valence electrons. The van der Waals surface area contributed by atoms with Crippen LogP contribution >= 0.6 is 0 Å². The van der Waals surface area contributed by atoms with Crippen LogP contribution in [0.1, 0.15) is 13.8 Å². The van der Waals surface area contributed by atoms with Gasteiger partial charge in [-0.2, -0.15) is 0 Å². The van der Waals surface area contributed by atoms with E-state index in [0.717, 1.165) is 4.90 Å². The van der Waals surface area contributed by atoms with E-state index >= 15 is 0 Å². The van der Waals surface area contributed by atoms with E-state index in [4.69, 9.17) is 0 Å². The van der Waals surface area contributed by atoms with E-state index in [0.29, 0.717) is 0 Å². The van der Waals surface area contributed by atoms with Gasteiger partial charge in [-0.1, -0.05) is 0 Å². The minimum atomic E-state index is -1.14. The second-order valence-corrected chi connectivity index (χ2v) is 3.25. The summed E-state index contributed by atoms with van der Waals surface area (Å²) in [6.45, 7) is 2.96. The zero-order valence-corrected chi connectivity index (χ0v) is 10.1. The van der Waals surface area contributed by atoms with Crippen molar-refractivity contribution in [1.29, 1.82) is 0 Å². The molecule has 1 aliphatic heterocycles. The summed E-state index contributed by atoms with van der Waals surface area (Å²) in [5.74, 6) is -1.02. The van der Waals surface area contributed by atoms with Gasteiger partial charge in [0.05, 0.1) is 0 Å². The van der Waals surface area contributed by atoms with Gasteiger partial charge in [0.25, 0.3) is 0 Å². The predicted octanol–water partition coefficient (Wildman–Crippen LogP) is -0.660. The van der Waals surface area contributed by atoms with Crippen LogP contribution in [0.5, 0.6) is 0 Å². The molecule has 0 aliphatic carbocycles. The summed E-state index contributed by atoms with van der Waals surface area (Å²) in [7, 11) is 1.34. The number of hydrogen-bond acceptors (Lipinski definition) is 3. The second-order valence-electron chi connectivity index (χ2n) is 3.25. The molecule has 0 aromatic heterocycles. The molecular formula is C7H10CaN2O3. The smallest absolute Gasteiger partial charge is 0.277 e. The zero-order valence-electron chi connectivity index (χ0n) is 7.88. The van der Waals surface area contributed by atoms with Gasteiger partial charge in [-0.25, -0.2) is 4.79 Å². The minimum Gasteiger partial charge on any atom is -0.277 e. The molecule has 0 bridgehead atoms. The van der Waals surface area contributed by atoms with E-state index in [2.05, 4.69) is 5.32 Å². The van der Waals surface area contributed by atoms with Crippen LogP contribution in [-0.4, -0.2) is 67.5 Å². The zero-order chi connectivity index (χ0) is 9.52. The van der Waals surface area contributed by atoms with Crippen molar-refractivity contribution in [2.24, 2.45) is 5.41 Å². The summed E-state index contributed by atoms with van der Waals surface area (Å²) in [6.07, 6.45) is 0. The van der Waals surface area contributed by atoms with Crippen molar-refractivity contribution >= 4 is 55.6 Å². The van der Waals surface area contributed by atoms with Gasteiger partial charge in [0, 0.05) is 44.8 Å². The maximum atomic E-state index is 11.3. The van der Waals surface area contributed by atoms with Crippen molar-refractivity contribution in [2.75, 3.05) is 7.05 Å². The summed E-state index contributed by atoms with van der Waals surface area (Å²) in [5.41, 5.74) is -1.14. The Kier molecular flexibility index (Phi) is 3.90. The molecule has 5 nitrogen and oxygen atoms in total. The molecule has 13 heavy (non-hydrogen) atoms. The van der Waals surface area contributed by atoms with Gasteiger partial charge in [0.1, 0.15) is 5.41 Å². The Hall–Kier alpha value is -0.130. The van der Waals surface area contributed by atoms with Gasteiger partial charge in [0.15, 0.2) is 0 Å². The first-order valence-electron chi connectivity index (χ1n) is 3.51. The van der Waals surface area contributed by atoms with E-state index in [1.54, 1.807) is 0 Å². The molecule has 1 fully saturated rings. The third kappa shape index (κ3) is 2.03. The molecule has 0 unspecified atom stereocenters. The Balaban J connectivity index is 0.00000144. The fourth-order valence-electron chi connectivity index (χ4n) is 0.946. The van der Waals surface area contributed by atoms with Crippen molar-refractivity contribution in [3.8, 4) is 0 Å². The van der Waals surface area contributed by atoms with E-state index < -0.39 is 23.3 Å². The Morgan fingerprint density at radius 2 is 1.69 bits per heavy atom. The Morgan fingerprint density at radius 1 is 1.23 bits per heavy atom. The first-order chi connectivity index (χ1) is 5.37. The van der Waals surface area contributed by atoms with Crippen LogP contribution in [0.2, 0.25) is 0 Å². The predicted molar refractivity (Wildman–Crippen MR) is 45.8 cm³/mol. The van der Waals surface area contributed by atoms with Gasteiger partial charge in [-0.05, 0) is 13.8 Å². The quantitative estimate of drug-likeness (QED) is 0.426. The van der Waals surface area contributed by atoms with Crippen molar-refractivity contribution < 1.29 is 14.4 Å². The van der Waals surface area contributed by atoms with Crippen LogP contribution in [0.3, 0.4) is 0 Å². The molecule has 6 heteroatoms. The summed E-state index contributed by atoms with van der Waals surface area (Å²) >= 11 is 0. The molecule has 1 rings (SSSR count). The number of amides is 4. The van der Waals surface area contributed by atoms with Gasteiger partial charge < -0.3 is 0 Å². The number of carbonyl (C=O) groups excluding carboxylic acids is 3. The Morgan fingerprint density at radius 3 is 2.15 bits per heavy atom. The van der Waals surface area contributed by atoms with Gasteiger partial charge in [0.2, 0.25) is 11.8 Å². The molecule has 0 spiro atoms. The normalized spacial score (nSPS) is 20.8. The molecule has 1 saturated heterocycles. The molecule has 2 radical (unpaired) electrons. The summed E-state index contributed by atoms with van der Waals surface area (Å²) in [5, 5.41) is 2.08. The molecule has 0 aromatic rings. The van der Waals surface area contributed by atoms with Crippen LogP contribution in [0.25, 0.3) is 0 Å². The van der Waals surface area contributed by atoms with Crippen LogP contribution < -0.4 is 5.32 Å². The molecule has 1 heterocycles. The maximum absolute atomic E-state index is 11.3. The number of nitrogens with one attached hydrogen (secondary N) is 1. The van der Waals surface area contributed by atoms with Crippen LogP contribution in [0, 0.1) is 5.41 Å². The van der Waals surface area contributed by atoms with Gasteiger partial charge >= 0.3 is 6.03 Å². The molecule has 0 saturated carbocycles. The third-order valence-electron chi connectivity index (χ3n) is 1.93. The van der Waals surface area contributed by atoms with Gasteiger partial charge in [-0.3, -0.25) is 19.8 Å². The number of carbonyl (C=O) groups is 3. The topological polar surface area (TPSA) is 66.5 Å². The molecule has 1 N–H and O–H groups in total. The number of nitrogens with zero attached hydrogens (tertiary/aromatic N) is 1. The number of rotatable bonds is 0. The molecular weight excluding hydrogens is 200 g/mol. The fraction of sp³-hybridized carbons (Fsp3) is 0.571. The number of imide groups is 2. The van der Waals surface area contributed by atoms with Crippen molar-refractivity contribution in [3.63, 3.8) is 0 Å². The number of barbiturate groups is 1. The number of hydrogen-bond donors (Lipinski definition) is 1. The maximum Gasteiger partial charge on any atom is 0.330 e. The van der Waals surface area contributed by atoms with Crippen molar-refractivity contribution in [2.45, 2.75) is 13.8 Å². The van der Waals surface area contributed by atoms with E-state index in [9.17, 15) is 14.4 Å². The number of urea groups is 1. The van der Waals surface area contributed by atoms with Crippen LogP contribution in [-0.2, 0) is 9.59 Å². The fourth-order valence-corrected chi connectivity index (χ4v) is 0.946. The van der Waals surface area contributed by atoms with Crippen molar-refractivity contribution in [1.82, 2.24) is 10.2 Å². The summed E-state index contributed by atoms with van der Waals surface area (Å²) in [4.78, 5) is 34.2. The summed E-state index contributed by atoms with van der Waals surface area (Å²) < 4.78 is 0. The monoisotopic (exact) mass is 210 g/mol. The molecule has 0 aromatic carbocycles. The minimum absolute atomic E-state index is 0. The first kappa shape index (κ1) is 12.9. The van der Waals surface area contributed by atoms with Crippen molar-refractivity contribution in [3.05, 3.63) is 0 Å². The largest absolute Gasteiger partial charge is 0.330 e. The Bertz CT molecular complexity index is 275. The molecule has 1 aliphatic rings. The molecule has 4 amide bonds. The average Bonchev–Trinajstić information content (AvgIpc) is 1.99. The average molecular weight is 210 g/mol. The second kappa shape index (κ2) is 3.94. The van der Waals surface area contributed by atoms with Crippen LogP contribution in [0.15, 0.2) is 0 Å². The third-order valence-corrected chi connectivity index (χ3v) is 1.93. The summed E-state index contributed by atoms with van der Waals surface area (Å²) in [6, 6.07) is -0.663.